The van der Waals surface area contributed by atoms with E-state index in [0.717, 1.165) is 6.07 Å². The fraction of sp³-hybridized carbons (Fsp3) is 0.300. The van der Waals surface area contributed by atoms with E-state index in [-0.39, 0.29) is 33.7 Å². The summed E-state index contributed by atoms with van der Waals surface area (Å²) < 4.78 is 4.78. The zero-order chi connectivity index (χ0) is 11.9. The third-order valence-electron chi connectivity index (χ3n) is 2.49. The van der Waals surface area contributed by atoms with E-state index >= 15 is 0 Å². The Bertz CT molecular complexity index is 432. The number of phenols is 2. The molecule has 0 amide bonds. The van der Waals surface area contributed by atoms with Crippen LogP contribution in [-0.4, -0.2) is 22.8 Å². The summed E-state index contributed by atoms with van der Waals surface area (Å²) in [5.74, 6) is -1.69. The first kappa shape index (κ1) is 11.4. The van der Waals surface area contributed by atoms with Gasteiger partial charge in [0, 0.05) is 11.6 Å². The molecule has 86 valence electrons. The molecule has 0 radical (unpaired) electrons. The molecule has 16 heavy (non-hydrogen) atoms. The predicted octanol–water partition coefficient (Wildman–Crippen LogP) is 2.44. The highest BCUT2D eigenvalue weighted by molar-refractivity contribution is 6.36. The summed E-state index contributed by atoms with van der Waals surface area (Å²) in [7, 11) is 0. The summed E-state index contributed by atoms with van der Waals surface area (Å²) in [4.78, 5) is 11.4. The summed E-state index contributed by atoms with van der Waals surface area (Å²) in [6, 6.07) is 1.13. The van der Waals surface area contributed by atoms with Gasteiger partial charge in [-0.3, -0.25) is 4.79 Å². The van der Waals surface area contributed by atoms with Crippen LogP contribution in [0.15, 0.2) is 6.07 Å². The standard InChI is InChI=1S/C10H8Cl2O4/c11-5-3-6(13)8(12)7(9(5)14)4-1-2-16-10(4)15/h3-4,13-14H,1-2H2/t4-/m1/s1. The molecule has 1 saturated heterocycles. The number of carbonyl (C=O) groups is 1. The van der Waals surface area contributed by atoms with E-state index in [2.05, 4.69) is 0 Å². The van der Waals surface area contributed by atoms with Gasteiger partial charge in [-0.25, -0.2) is 0 Å². The van der Waals surface area contributed by atoms with E-state index in [1.165, 1.54) is 0 Å². The van der Waals surface area contributed by atoms with Crippen LogP contribution in [0.5, 0.6) is 11.5 Å². The number of ether oxygens (including phenoxy) is 1. The van der Waals surface area contributed by atoms with Crippen molar-refractivity contribution in [2.24, 2.45) is 0 Å². The second-order valence-electron chi connectivity index (χ2n) is 3.46. The summed E-state index contributed by atoms with van der Waals surface area (Å²) in [5.41, 5.74) is 0.133. The van der Waals surface area contributed by atoms with Crippen LogP contribution in [0.2, 0.25) is 10.0 Å². The lowest BCUT2D eigenvalue weighted by Crippen LogP contribution is -2.06. The smallest absolute Gasteiger partial charge is 0.313 e. The van der Waals surface area contributed by atoms with Gasteiger partial charge in [-0.15, -0.1) is 0 Å². The third-order valence-corrected chi connectivity index (χ3v) is 3.18. The van der Waals surface area contributed by atoms with E-state index in [0.29, 0.717) is 6.42 Å². The second kappa shape index (κ2) is 4.03. The second-order valence-corrected chi connectivity index (χ2v) is 4.25. The molecule has 1 heterocycles. The lowest BCUT2D eigenvalue weighted by atomic mass is 9.96. The van der Waals surface area contributed by atoms with Gasteiger partial charge in [-0.2, -0.15) is 0 Å². The van der Waals surface area contributed by atoms with E-state index in [4.69, 9.17) is 27.9 Å². The molecule has 2 N–H and O–H groups in total. The van der Waals surface area contributed by atoms with Crippen molar-refractivity contribution < 1.29 is 19.7 Å². The normalized spacial score (nSPS) is 19.9. The summed E-state index contributed by atoms with van der Waals surface area (Å²) in [5, 5.41) is 19.1. The molecule has 2 rings (SSSR count). The average molecular weight is 263 g/mol. The van der Waals surface area contributed by atoms with Crippen LogP contribution in [0.4, 0.5) is 0 Å². The Morgan fingerprint density at radius 3 is 2.62 bits per heavy atom. The molecular weight excluding hydrogens is 255 g/mol. The minimum absolute atomic E-state index is 0.0448. The maximum Gasteiger partial charge on any atom is 0.313 e. The molecule has 1 aromatic carbocycles. The number of hydrogen-bond donors (Lipinski definition) is 2. The molecule has 0 saturated carbocycles. The van der Waals surface area contributed by atoms with E-state index in [1.54, 1.807) is 0 Å². The Kier molecular flexibility index (Phi) is 2.86. The molecule has 1 atom stereocenters. The SMILES string of the molecule is O=C1OCC[C@@H]1c1c(O)c(Cl)cc(O)c1Cl. The molecule has 0 unspecified atom stereocenters. The highest BCUT2D eigenvalue weighted by atomic mass is 35.5. The maximum atomic E-state index is 11.4. The number of aromatic hydroxyl groups is 2. The van der Waals surface area contributed by atoms with Gasteiger partial charge in [-0.1, -0.05) is 23.2 Å². The van der Waals surface area contributed by atoms with Crippen molar-refractivity contribution in [1.82, 2.24) is 0 Å². The molecule has 0 bridgehead atoms. The number of cyclic esters (lactones) is 1. The van der Waals surface area contributed by atoms with Gasteiger partial charge in [0.15, 0.2) is 0 Å². The maximum absolute atomic E-state index is 11.4. The number of halogens is 2. The number of hydrogen-bond acceptors (Lipinski definition) is 4. The van der Waals surface area contributed by atoms with Crippen molar-refractivity contribution in [1.29, 1.82) is 0 Å². The van der Waals surface area contributed by atoms with Crippen LogP contribution >= 0.6 is 23.2 Å². The average Bonchev–Trinajstić information content (AvgIpc) is 2.63. The first-order valence-electron chi connectivity index (χ1n) is 4.59. The largest absolute Gasteiger partial charge is 0.506 e. The topological polar surface area (TPSA) is 66.8 Å². The zero-order valence-corrected chi connectivity index (χ0v) is 9.55. The summed E-state index contributed by atoms with van der Waals surface area (Å²) in [6.45, 7) is 0.270. The Morgan fingerprint density at radius 1 is 1.38 bits per heavy atom. The molecule has 0 spiro atoms. The Hall–Kier alpha value is -1.13. The third kappa shape index (κ3) is 1.68. The molecule has 4 nitrogen and oxygen atoms in total. The number of carbonyl (C=O) groups excluding carboxylic acids is 1. The molecule has 6 heteroatoms. The van der Waals surface area contributed by atoms with Gasteiger partial charge in [0.1, 0.15) is 11.5 Å². The molecule has 1 aromatic rings. The Balaban J connectivity index is 2.58. The minimum Gasteiger partial charge on any atom is -0.506 e. The van der Waals surface area contributed by atoms with E-state index in [1.807, 2.05) is 0 Å². The molecule has 0 aromatic heterocycles. The van der Waals surface area contributed by atoms with Crippen LogP contribution in [0.25, 0.3) is 0 Å². The summed E-state index contributed by atoms with van der Waals surface area (Å²) >= 11 is 11.5. The number of benzene rings is 1. The monoisotopic (exact) mass is 262 g/mol. The summed E-state index contributed by atoms with van der Waals surface area (Å²) in [6.07, 6.45) is 0.409. The van der Waals surface area contributed by atoms with Crippen molar-refractivity contribution in [3.05, 3.63) is 21.7 Å². The first-order valence-corrected chi connectivity index (χ1v) is 5.34. The molecule has 1 fully saturated rings. The predicted molar refractivity (Wildman–Crippen MR) is 58.1 cm³/mol. The minimum atomic E-state index is -0.669. The quantitative estimate of drug-likeness (QED) is 0.603. The van der Waals surface area contributed by atoms with Gasteiger partial charge >= 0.3 is 5.97 Å². The van der Waals surface area contributed by atoms with Gasteiger partial charge in [-0.05, 0) is 6.42 Å². The highest BCUT2D eigenvalue weighted by Crippen LogP contribution is 2.45. The molecular formula is C10H8Cl2O4. The van der Waals surface area contributed by atoms with E-state index in [9.17, 15) is 15.0 Å². The fourth-order valence-corrected chi connectivity index (χ4v) is 2.18. The van der Waals surface area contributed by atoms with Gasteiger partial charge < -0.3 is 14.9 Å². The molecule has 1 aliphatic rings. The van der Waals surface area contributed by atoms with E-state index < -0.39 is 11.9 Å². The van der Waals surface area contributed by atoms with Crippen LogP contribution in [0.1, 0.15) is 17.9 Å². The molecule has 0 aliphatic carbocycles. The molecule has 1 aliphatic heterocycles. The number of rotatable bonds is 1. The number of phenolic OH excluding ortho intramolecular Hbond substituents is 2. The van der Waals surface area contributed by atoms with Crippen LogP contribution in [-0.2, 0) is 9.53 Å². The Labute approximate surface area is 101 Å². The van der Waals surface area contributed by atoms with Gasteiger partial charge in [0.2, 0.25) is 0 Å². The highest BCUT2D eigenvalue weighted by Gasteiger charge is 2.34. The van der Waals surface area contributed by atoms with Crippen molar-refractivity contribution in [3.8, 4) is 11.5 Å². The van der Waals surface area contributed by atoms with Crippen LogP contribution in [0, 0.1) is 0 Å². The lowest BCUT2D eigenvalue weighted by Gasteiger charge is -2.13. The fourth-order valence-electron chi connectivity index (χ4n) is 1.70. The number of esters is 1. The van der Waals surface area contributed by atoms with Crippen LogP contribution < -0.4 is 0 Å². The first-order chi connectivity index (χ1) is 7.52. The van der Waals surface area contributed by atoms with Crippen LogP contribution in [0.3, 0.4) is 0 Å². The Morgan fingerprint density at radius 2 is 2.06 bits per heavy atom. The van der Waals surface area contributed by atoms with Crippen molar-refractivity contribution in [2.45, 2.75) is 12.3 Å². The van der Waals surface area contributed by atoms with Gasteiger partial charge in [0.25, 0.3) is 0 Å². The van der Waals surface area contributed by atoms with Gasteiger partial charge in [0.05, 0.1) is 22.6 Å². The zero-order valence-electron chi connectivity index (χ0n) is 8.04. The van der Waals surface area contributed by atoms with Crippen molar-refractivity contribution in [2.75, 3.05) is 6.61 Å². The van der Waals surface area contributed by atoms with Crippen molar-refractivity contribution >= 4 is 29.2 Å². The lowest BCUT2D eigenvalue weighted by molar-refractivity contribution is -0.139. The van der Waals surface area contributed by atoms with Crippen molar-refractivity contribution in [3.63, 3.8) is 0 Å².